The lowest BCUT2D eigenvalue weighted by atomic mass is 10.2. The summed E-state index contributed by atoms with van der Waals surface area (Å²) < 4.78 is 38.7. The number of ether oxygens (including phenoxy) is 1. The summed E-state index contributed by atoms with van der Waals surface area (Å²) in [6.07, 6.45) is 0. The van der Waals surface area contributed by atoms with E-state index in [1.54, 1.807) is 37.3 Å². The van der Waals surface area contributed by atoms with Crippen LogP contribution in [-0.2, 0) is 22.3 Å². The molecule has 0 unspecified atom stereocenters. The number of pyridine rings is 1. The van der Waals surface area contributed by atoms with Crippen LogP contribution in [0.25, 0.3) is 11.0 Å². The maximum absolute atomic E-state index is 12.3. The predicted molar refractivity (Wildman–Crippen MR) is 96.6 cm³/mol. The second-order valence-corrected chi connectivity index (χ2v) is 7.61. The first-order valence-electron chi connectivity index (χ1n) is 7.96. The summed E-state index contributed by atoms with van der Waals surface area (Å²) in [5.41, 5.74) is 1.34. The number of rotatable bonds is 7. The molecular formula is C17H19N3O5S. The van der Waals surface area contributed by atoms with Gasteiger partial charge in [-0.05, 0) is 25.1 Å². The molecule has 0 bridgehead atoms. The molecule has 0 radical (unpaired) electrons. The van der Waals surface area contributed by atoms with Crippen LogP contribution < -0.4 is 15.0 Å². The topological polar surface area (TPSA) is 103 Å². The molecule has 0 fully saturated rings. The van der Waals surface area contributed by atoms with Crippen LogP contribution in [0.15, 0.2) is 45.7 Å². The van der Waals surface area contributed by atoms with Gasteiger partial charge >= 0.3 is 0 Å². The zero-order valence-electron chi connectivity index (χ0n) is 14.4. The highest BCUT2D eigenvalue weighted by Crippen LogP contribution is 2.19. The number of methoxy groups -OCH3 is 1. The minimum absolute atomic E-state index is 0.0885. The van der Waals surface area contributed by atoms with Crippen LogP contribution in [0, 0.1) is 6.92 Å². The van der Waals surface area contributed by atoms with Crippen molar-refractivity contribution in [1.82, 2.24) is 14.4 Å². The maximum Gasteiger partial charge on any atom is 0.254 e. The monoisotopic (exact) mass is 377 g/mol. The van der Waals surface area contributed by atoms with Crippen molar-refractivity contribution >= 4 is 21.0 Å². The first-order chi connectivity index (χ1) is 12.4. The molecule has 2 heterocycles. The Morgan fingerprint density at radius 1 is 1.27 bits per heavy atom. The molecule has 0 aliphatic rings. The Bertz CT molecular complexity index is 1090. The molecule has 26 heavy (non-hydrogen) atoms. The van der Waals surface area contributed by atoms with Crippen molar-refractivity contribution in [1.29, 1.82) is 0 Å². The summed E-state index contributed by atoms with van der Waals surface area (Å²) in [6.45, 7) is 2.07. The number of nitrogens with one attached hydrogen (secondary N) is 1. The van der Waals surface area contributed by atoms with Gasteiger partial charge in [-0.15, -0.1) is 0 Å². The standard InChI is InChI=1S/C17H19N3O5S/c1-12-9-13(24-2)10-17(21)20(12)8-7-18-26(22,23)11-15-14-5-3-4-6-16(14)25-19-15/h3-6,9-10,18H,7-8,11H2,1-2H3. The van der Waals surface area contributed by atoms with E-state index < -0.39 is 10.0 Å². The van der Waals surface area contributed by atoms with Crippen molar-refractivity contribution in [2.24, 2.45) is 0 Å². The van der Waals surface area contributed by atoms with Crippen LogP contribution >= 0.6 is 0 Å². The smallest absolute Gasteiger partial charge is 0.254 e. The molecular weight excluding hydrogens is 358 g/mol. The normalized spacial score (nSPS) is 11.8. The van der Waals surface area contributed by atoms with Gasteiger partial charge in [0.2, 0.25) is 10.0 Å². The number of para-hydroxylation sites is 1. The van der Waals surface area contributed by atoms with Crippen molar-refractivity contribution < 1.29 is 17.7 Å². The first kappa shape index (κ1) is 18.2. The fraction of sp³-hybridized carbons (Fsp3) is 0.294. The second-order valence-electron chi connectivity index (χ2n) is 5.81. The highest BCUT2D eigenvalue weighted by Gasteiger charge is 2.17. The quantitative estimate of drug-likeness (QED) is 0.668. The lowest BCUT2D eigenvalue weighted by molar-refractivity contribution is 0.411. The van der Waals surface area contributed by atoms with Gasteiger partial charge in [-0.2, -0.15) is 0 Å². The number of hydrogen-bond donors (Lipinski definition) is 1. The molecule has 8 nitrogen and oxygen atoms in total. The van der Waals surface area contributed by atoms with E-state index in [1.807, 2.05) is 0 Å². The fourth-order valence-corrected chi connectivity index (χ4v) is 3.76. The van der Waals surface area contributed by atoms with Gasteiger partial charge in [-0.1, -0.05) is 17.3 Å². The van der Waals surface area contributed by atoms with Crippen LogP contribution in [-0.4, -0.2) is 31.8 Å². The zero-order valence-corrected chi connectivity index (χ0v) is 15.2. The largest absolute Gasteiger partial charge is 0.496 e. The van der Waals surface area contributed by atoms with E-state index in [1.165, 1.54) is 17.7 Å². The van der Waals surface area contributed by atoms with Gasteiger partial charge in [0.25, 0.3) is 5.56 Å². The number of nitrogens with zero attached hydrogens (tertiary/aromatic N) is 2. The lowest BCUT2D eigenvalue weighted by Crippen LogP contribution is -2.32. The third kappa shape index (κ3) is 3.94. The molecule has 0 atom stereocenters. The second kappa shape index (κ2) is 7.30. The van der Waals surface area contributed by atoms with Crippen molar-refractivity contribution in [3.05, 3.63) is 58.1 Å². The minimum Gasteiger partial charge on any atom is -0.496 e. The molecule has 1 aromatic carbocycles. The molecule has 0 spiro atoms. The summed E-state index contributed by atoms with van der Waals surface area (Å²) >= 11 is 0. The van der Waals surface area contributed by atoms with E-state index in [0.29, 0.717) is 28.1 Å². The van der Waals surface area contributed by atoms with Gasteiger partial charge in [-0.25, -0.2) is 13.1 Å². The molecule has 138 valence electrons. The number of aromatic nitrogens is 2. The van der Waals surface area contributed by atoms with Crippen molar-refractivity contribution in [3.8, 4) is 5.75 Å². The average Bonchev–Trinajstić information content (AvgIpc) is 2.99. The number of aryl methyl sites for hydroxylation is 1. The van der Waals surface area contributed by atoms with E-state index in [2.05, 4.69) is 9.88 Å². The molecule has 9 heteroatoms. The predicted octanol–water partition coefficient (Wildman–Crippen LogP) is 1.43. The average molecular weight is 377 g/mol. The zero-order chi connectivity index (χ0) is 18.7. The Balaban J connectivity index is 1.67. The summed E-state index contributed by atoms with van der Waals surface area (Å²) in [4.78, 5) is 12.1. The molecule has 0 aliphatic carbocycles. The molecule has 0 amide bonds. The highest BCUT2D eigenvalue weighted by molar-refractivity contribution is 7.88. The van der Waals surface area contributed by atoms with Crippen LogP contribution in [0.1, 0.15) is 11.4 Å². The molecule has 0 aliphatic heterocycles. The van der Waals surface area contributed by atoms with E-state index in [9.17, 15) is 13.2 Å². The minimum atomic E-state index is -3.62. The van der Waals surface area contributed by atoms with Crippen LogP contribution in [0.4, 0.5) is 0 Å². The fourth-order valence-electron chi connectivity index (χ4n) is 2.69. The van der Waals surface area contributed by atoms with Crippen molar-refractivity contribution in [2.45, 2.75) is 19.2 Å². The Hall–Kier alpha value is -2.65. The Morgan fingerprint density at radius 2 is 2.04 bits per heavy atom. The third-order valence-electron chi connectivity index (χ3n) is 3.98. The van der Waals surface area contributed by atoms with Gasteiger partial charge in [-0.3, -0.25) is 4.79 Å². The third-order valence-corrected chi connectivity index (χ3v) is 5.28. The van der Waals surface area contributed by atoms with Gasteiger partial charge < -0.3 is 13.8 Å². The molecule has 0 saturated carbocycles. The van der Waals surface area contributed by atoms with E-state index in [0.717, 1.165) is 0 Å². The lowest BCUT2D eigenvalue weighted by Gasteiger charge is -2.12. The number of hydrogen-bond acceptors (Lipinski definition) is 6. The molecule has 0 saturated heterocycles. The van der Waals surface area contributed by atoms with Crippen LogP contribution in [0.5, 0.6) is 5.75 Å². The van der Waals surface area contributed by atoms with Crippen molar-refractivity contribution in [2.75, 3.05) is 13.7 Å². The number of fused-ring (bicyclic) bond motifs is 1. The van der Waals surface area contributed by atoms with E-state index in [4.69, 9.17) is 9.26 Å². The molecule has 3 rings (SSSR count). The Labute approximate surface area is 150 Å². The van der Waals surface area contributed by atoms with Crippen LogP contribution in [0.3, 0.4) is 0 Å². The molecule has 2 aromatic heterocycles. The Kier molecular flexibility index (Phi) is 5.10. The van der Waals surface area contributed by atoms with E-state index >= 15 is 0 Å². The summed E-state index contributed by atoms with van der Waals surface area (Å²) in [7, 11) is -2.13. The number of benzene rings is 1. The van der Waals surface area contributed by atoms with Crippen molar-refractivity contribution in [3.63, 3.8) is 0 Å². The molecule has 1 N–H and O–H groups in total. The summed E-state index contributed by atoms with van der Waals surface area (Å²) in [5, 5.41) is 4.50. The van der Waals surface area contributed by atoms with E-state index in [-0.39, 0.29) is 24.4 Å². The number of sulfonamides is 1. The van der Waals surface area contributed by atoms with Crippen LogP contribution in [0.2, 0.25) is 0 Å². The Morgan fingerprint density at radius 3 is 2.77 bits per heavy atom. The molecule has 3 aromatic rings. The highest BCUT2D eigenvalue weighted by atomic mass is 32.2. The summed E-state index contributed by atoms with van der Waals surface area (Å²) in [5.74, 6) is 0.183. The summed E-state index contributed by atoms with van der Waals surface area (Å²) in [6, 6.07) is 10.2. The SMILES string of the molecule is COc1cc(C)n(CCNS(=O)(=O)Cc2noc3ccccc23)c(=O)c1. The van der Waals surface area contributed by atoms with Gasteiger partial charge in [0.15, 0.2) is 5.58 Å². The van der Waals surface area contributed by atoms with Gasteiger partial charge in [0.05, 0.1) is 7.11 Å². The first-order valence-corrected chi connectivity index (χ1v) is 9.61. The van der Waals surface area contributed by atoms with Gasteiger partial charge in [0, 0.05) is 30.2 Å². The van der Waals surface area contributed by atoms with Gasteiger partial charge in [0.1, 0.15) is 17.2 Å². The maximum atomic E-state index is 12.3.